The summed E-state index contributed by atoms with van der Waals surface area (Å²) in [7, 11) is 0. The zero-order valence-electron chi connectivity index (χ0n) is 17.7. The number of esters is 1. The number of benzene rings is 1. The predicted molar refractivity (Wildman–Crippen MR) is 110 cm³/mol. The number of ether oxygens (including phenoxy) is 4. The van der Waals surface area contributed by atoms with Crippen molar-refractivity contribution in [3.8, 4) is 11.5 Å². The first-order valence-corrected chi connectivity index (χ1v) is 10.6. The van der Waals surface area contributed by atoms with Gasteiger partial charge in [-0.3, -0.25) is 0 Å². The number of hydrogen-bond acceptors (Lipinski definition) is 12. The first-order chi connectivity index (χ1) is 16.2. The van der Waals surface area contributed by atoms with Crippen molar-refractivity contribution in [2.45, 2.75) is 43.1 Å². The van der Waals surface area contributed by atoms with E-state index in [9.17, 15) is 40.5 Å². The number of carbonyl (C=O) groups excluding carboxylic acids is 1. The average Bonchev–Trinajstić information content (AvgIpc) is 3.16. The van der Waals surface area contributed by atoms with Crippen molar-refractivity contribution in [2.75, 3.05) is 13.2 Å². The van der Waals surface area contributed by atoms with Crippen LogP contribution in [0.15, 0.2) is 42.2 Å². The van der Waals surface area contributed by atoms with Crippen LogP contribution in [0.5, 0.6) is 11.5 Å². The fourth-order valence-electron chi connectivity index (χ4n) is 4.24. The highest BCUT2D eigenvalue weighted by molar-refractivity contribution is 5.90. The summed E-state index contributed by atoms with van der Waals surface area (Å²) in [5.74, 6) is -2.82. The highest BCUT2D eigenvalue weighted by Crippen LogP contribution is 2.41. The molecule has 2 aliphatic heterocycles. The molecular formula is C22H26O12. The minimum atomic E-state index is -1.65. The van der Waals surface area contributed by atoms with Crippen LogP contribution in [0, 0.1) is 11.8 Å². The van der Waals surface area contributed by atoms with Gasteiger partial charge in [-0.1, -0.05) is 6.08 Å². The molecule has 0 radical (unpaired) electrons. The summed E-state index contributed by atoms with van der Waals surface area (Å²) in [6, 6.07) is 3.47. The highest BCUT2D eigenvalue weighted by atomic mass is 16.8. The monoisotopic (exact) mass is 482 g/mol. The Morgan fingerprint density at radius 3 is 2.47 bits per heavy atom. The molecule has 0 amide bonds. The summed E-state index contributed by atoms with van der Waals surface area (Å²) in [6.45, 7) is -0.890. The summed E-state index contributed by atoms with van der Waals surface area (Å²) in [4.78, 5) is 12.4. The summed E-state index contributed by atoms with van der Waals surface area (Å²) < 4.78 is 21.9. The van der Waals surface area contributed by atoms with Crippen LogP contribution < -0.4 is 0 Å². The second kappa shape index (κ2) is 9.88. The van der Waals surface area contributed by atoms with Crippen molar-refractivity contribution < 1.29 is 59.5 Å². The maximum atomic E-state index is 12.4. The van der Waals surface area contributed by atoms with E-state index in [4.69, 9.17) is 18.9 Å². The molecule has 0 aromatic heterocycles. The molecule has 2 heterocycles. The lowest BCUT2D eigenvalue weighted by molar-refractivity contribution is -0.339. The summed E-state index contributed by atoms with van der Waals surface area (Å²) in [6.07, 6.45) is -5.16. The molecule has 1 aromatic rings. The molecule has 1 saturated heterocycles. The van der Waals surface area contributed by atoms with Crippen molar-refractivity contribution >= 4 is 5.97 Å². The van der Waals surface area contributed by atoms with Crippen LogP contribution in [-0.4, -0.2) is 98.0 Å². The molecule has 1 aliphatic carbocycles. The van der Waals surface area contributed by atoms with Crippen LogP contribution in [0.2, 0.25) is 0 Å². The van der Waals surface area contributed by atoms with Crippen LogP contribution in [-0.2, 0) is 18.9 Å². The maximum Gasteiger partial charge on any atom is 0.338 e. The summed E-state index contributed by atoms with van der Waals surface area (Å²) in [5.41, 5.74) is 0.452. The predicted octanol–water partition coefficient (Wildman–Crippen LogP) is -1.53. The molecule has 12 heteroatoms. The average molecular weight is 482 g/mol. The number of phenols is 2. The van der Waals surface area contributed by atoms with Crippen molar-refractivity contribution in [3.63, 3.8) is 0 Å². The number of rotatable bonds is 6. The number of hydrogen-bond donors (Lipinski definition) is 7. The fourth-order valence-corrected chi connectivity index (χ4v) is 4.24. The largest absolute Gasteiger partial charge is 0.504 e. The standard InChI is InChI=1S/C22H26O12/c23-7-15-17(27)18(28)19(29)22(33-15)34-21-16-10(6-13(25)11(16)3-4-31-21)8-32-20(30)9-1-2-12(24)14(26)5-9/h1-6,11,13,15-19,21-29H,7-8H2. The van der Waals surface area contributed by atoms with Gasteiger partial charge in [-0.15, -0.1) is 0 Å². The van der Waals surface area contributed by atoms with E-state index in [0.29, 0.717) is 5.57 Å². The van der Waals surface area contributed by atoms with E-state index in [2.05, 4.69) is 0 Å². The lowest BCUT2D eigenvalue weighted by Gasteiger charge is -2.42. The topological polar surface area (TPSA) is 196 Å². The van der Waals surface area contributed by atoms with Gasteiger partial charge in [0.2, 0.25) is 6.29 Å². The molecule has 34 heavy (non-hydrogen) atoms. The van der Waals surface area contributed by atoms with Crippen LogP contribution in [0.4, 0.5) is 0 Å². The van der Waals surface area contributed by atoms with Gasteiger partial charge in [-0.05, 0) is 29.8 Å². The fraction of sp³-hybridized carbons (Fsp3) is 0.500. The zero-order chi connectivity index (χ0) is 24.6. The van der Waals surface area contributed by atoms with Gasteiger partial charge in [0.1, 0.15) is 31.0 Å². The normalized spacial score (nSPS) is 37.0. The summed E-state index contributed by atoms with van der Waals surface area (Å²) >= 11 is 0. The number of aliphatic hydroxyl groups excluding tert-OH is 5. The molecule has 7 N–H and O–H groups in total. The van der Waals surface area contributed by atoms with Crippen LogP contribution in [0.3, 0.4) is 0 Å². The third-order valence-electron chi connectivity index (χ3n) is 6.13. The quantitative estimate of drug-likeness (QED) is 0.141. The third-order valence-corrected chi connectivity index (χ3v) is 6.13. The van der Waals surface area contributed by atoms with E-state index in [0.717, 1.165) is 12.1 Å². The first kappa shape index (κ1) is 24.4. The Hall–Kier alpha value is -2.71. The molecule has 1 fully saturated rings. The van der Waals surface area contributed by atoms with Gasteiger partial charge in [0.25, 0.3) is 0 Å². The molecule has 9 unspecified atom stereocenters. The van der Waals surface area contributed by atoms with Gasteiger partial charge in [-0.25, -0.2) is 4.79 Å². The molecule has 0 bridgehead atoms. The summed E-state index contributed by atoms with van der Waals surface area (Å²) in [5, 5.41) is 69.0. The van der Waals surface area contributed by atoms with Crippen LogP contribution >= 0.6 is 0 Å². The van der Waals surface area contributed by atoms with Crippen molar-refractivity contribution in [3.05, 3.63) is 47.7 Å². The van der Waals surface area contributed by atoms with E-state index in [1.54, 1.807) is 6.08 Å². The Morgan fingerprint density at radius 1 is 1.00 bits per heavy atom. The molecule has 4 rings (SSSR count). The third kappa shape index (κ3) is 4.61. The Labute approximate surface area is 193 Å². The van der Waals surface area contributed by atoms with Crippen molar-refractivity contribution in [1.82, 2.24) is 0 Å². The van der Waals surface area contributed by atoms with Crippen molar-refractivity contribution in [2.24, 2.45) is 11.8 Å². The number of phenolic OH excluding ortho intramolecular Hbond substituents is 2. The molecule has 1 aromatic carbocycles. The molecule has 12 nitrogen and oxygen atoms in total. The lowest BCUT2D eigenvalue weighted by atomic mass is 9.88. The molecule has 0 saturated carbocycles. The molecule has 9 atom stereocenters. The van der Waals surface area contributed by atoms with Gasteiger partial charge in [0, 0.05) is 5.92 Å². The van der Waals surface area contributed by atoms with Gasteiger partial charge >= 0.3 is 5.97 Å². The Bertz CT molecular complexity index is 959. The maximum absolute atomic E-state index is 12.4. The van der Waals surface area contributed by atoms with Gasteiger partial charge in [0.05, 0.1) is 30.5 Å². The van der Waals surface area contributed by atoms with E-state index >= 15 is 0 Å². The minimum Gasteiger partial charge on any atom is -0.504 e. The van der Waals surface area contributed by atoms with E-state index in [1.807, 2.05) is 0 Å². The Morgan fingerprint density at radius 2 is 1.76 bits per heavy atom. The second-order valence-electron chi connectivity index (χ2n) is 8.28. The molecule has 186 valence electrons. The first-order valence-electron chi connectivity index (χ1n) is 10.6. The number of aromatic hydroxyl groups is 2. The van der Waals surface area contributed by atoms with Gasteiger partial charge in [0.15, 0.2) is 17.8 Å². The molecule has 0 spiro atoms. The van der Waals surface area contributed by atoms with E-state index < -0.39 is 73.3 Å². The van der Waals surface area contributed by atoms with E-state index in [1.165, 1.54) is 18.4 Å². The zero-order valence-corrected chi connectivity index (χ0v) is 17.7. The number of aliphatic hydroxyl groups is 5. The van der Waals surface area contributed by atoms with Gasteiger partial charge < -0.3 is 54.7 Å². The van der Waals surface area contributed by atoms with Crippen LogP contribution in [0.1, 0.15) is 10.4 Å². The minimum absolute atomic E-state index is 0.0000890. The SMILES string of the molecule is O=C(OCC1=CC(O)C2C=COC(OC3OC(CO)C(O)C(O)C3O)C12)c1ccc(O)c(O)c1. The second-order valence-corrected chi connectivity index (χ2v) is 8.28. The van der Waals surface area contributed by atoms with Crippen LogP contribution in [0.25, 0.3) is 0 Å². The molecular weight excluding hydrogens is 456 g/mol. The number of carbonyl (C=O) groups is 1. The van der Waals surface area contributed by atoms with Gasteiger partial charge in [-0.2, -0.15) is 0 Å². The Kier molecular flexibility index (Phi) is 7.09. The smallest absolute Gasteiger partial charge is 0.338 e. The lowest BCUT2D eigenvalue weighted by Crippen LogP contribution is -2.60. The highest BCUT2D eigenvalue weighted by Gasteiger charge is 2.49. The Balaban J connectivity index is 1.46. The van der Waals surface area contributed by atoms with Crippen molar-refractivity contribution in [1.29, 1.82) is 0 Å². The molecule has 3 aliphatic rings. The van der Waals surface area contributed by atoms with E-state index in [-0.39, 0.29) is 17.9 Å². The number of fused-ring (bicyclic) bond motifs is 1.